The van der Waals surface area contributed by atoms with E-state index in [1.807, 2.05) is 25.1 Å². The SMILES string of the molecule is CC(O)c1ccc(C#N)cc1N1CCCC1C1CCCC1. The van der Waals surface area contributed by atoms with Crippen LogP contribution in [0.25, 0.3) is 0 Å². The molecule has 1 saturated carbocycles. The Hall–Kier alpha value is -1.53. The molecule has 1 N–H and O–H groups in total. The zero-order valence-electron chi connectivity index (χ0n) is 12.8. The molecule has 1 aromatic rings. The molecule has 0 radical (unpaired) electrons. The number of aliphatic hydroxyl groups excluding tert-OH is 1. The van der Waals surface area contributed by atoms with Crippen molar-refractivity contribution in [1.29, 1.82) is 5.26 Å². The van der Waals surface area contributed by atoms with Gasteiger partial charge in [-0.25, -0.2) is 0 Å². The van der Waals surface area contributed by atoms with Gasteiger partial charge in [0.15, 0.2) is 0 Å². The molecule has 3 rings (SSSR count). The van der Waals surface area contributed by atoms with Gasteiger partial charge >= 0.3 is 0 Å². The number of hydrogen-bond donors (Lipinski definition) is 1. The lowest BCUT2D eigenvalue weighted by molar-refractivity contribution is 0.199. The Morgan fingerprint density at radius 1 is 1.24 bits per heavy atom. The van der Waals surface area contributed by atoms with Gasteiger partial charge in [0.25, 0.3) is 0 Å². The van der Waals surface area contributed by atoms with Crippen molar-refractivity contribution in [1.82, 2.24) is 0 Å². The summed E-state index contributed by atoms with van der Waals surface area (Å²) in [6, 6.07) is 8.53. The van der Waals surface area contributed by atoms with Crippen molar-refractivity contribution in [3.8, 4) is 6.07 Å². The molecule has 0 bridgehead atoms. The highest BCUT2D eigenvalue weighted by Crippen LogP contribution is 2.40. The maximum absolute atomic E-state index is 10.1. The van der Waals surface area contributed by atoms with E-state index >= 15 is 0 Å². The van der Waals surface area contributed by atoms with E-state index in [4.69, 9.17) is 0 Å². The highest BCUT2D eigenvalue weighted by molar-refractivity contribution is 5.59. The fourth-order valence-corrected chi connectivity index (χ4v) is 4.14. The van der Waals surface area contributed by atoms with E-state index in [2.05, 4.69) is 11.0 Å². The summed E-state index contributed by atoms with van der Waals surface area (Å²) >= 11 is 0. The minimum atomic E-state index is -0.488. The molecule has 21 heavy (non-hydrogen) atoms. The summed E-state index contributed by atoms with van der Waals surface area (Å²) in [4.78, 5) is 2.47. The minimum Gasteiger partial charge on any atom is -0.389 e. The van der Waals surface area contributed by atoms with Crippen LogP contribution in [0.15, 0.2) is 18.2 Å². The molecule has 1 aliphatic heterocycles. The van der Waals surface area contributed by atoms with Gasteiger partial charge in [-0.1, -0.05) is 18.9 Å². The van der Waals surface area contributed by atoms with Gasteiger partial charge in [0.05, 0.1) is 17.7 Å². The summed E-state index contributed by atoms with van der Waals surface area (Å²) in [6.45, 7) is 2.86. The van der Waals surface area contributed by atoms with Gasteiger partial charge in [0, 0.05) is 23.8 Å². The monoisotopic (exact) mass is 284 g/mol. The van der Waals surface area contributed by atoms with Crippen LogP contribution in [-0.2, 0) is 0 Å². The van der Waals surface area contributed by atoms with E-state index in [1.54, 1.807) is 0 Å². The number of aliphatic hydroxyl groups is 1. The van der Waals surface area contributed by atoms with Gasteiger partial charge in [0.2, 0.25) is 0 Å². The molecule has 1 saturated heterocycles. The molecule has 3 nitrogen and oxygen atoms in total. The maximum Gasteiger partial charge on any atom is 0.0992 e. The van der Waals surface area contributed by atoms with Crippen LogP contribution < -0.4 is 4.90 Å². The molecule has 0 amide bonds. The van der Waals surface area contributed by atoms with Crippen molar-refractivity contribution in [3.63, 3.8) is 0 Å². The van der Waals surface area contributed by atoms with Crippen LogP contribution in [0, 0.1) is 17.2 Å². The molecule has 2 atom stereocenters. The highest BCUT2D eigenvalue weighted by atomic mass is 16.3. The fraction of sp³-hybridized carbons (Fsp3) is 0.611. The van der Waals surface area contributed by atoms with E-state index in [0.717, 1.165) is 23.7 Å². The second-order valence-electron chi connectivity index (χ2n) is 6.51. The fourth-order valence-electron chi connectivity index (χ4n) is 4.14. The third kappa shape index (κ3) is 2.78. The van der Waals surface area contributed by atoms with Crippen molar-refractivity contribution >= 4 is 5.69 Å². The van der Waals surface area contributed by atoms with Crippen LogP contribution in [0.2, 0.25) is 0 Å². The molecule has 1 aromatic carbocycles. The van der Waals surface area contributed by atoms with E-state index in [0.29, 0.717) is 11.6 Å². The first-order valence-corrected chi connectivity index (χ1v) is 8.19. The molecule has 112 valence electrons. The van der Waals surface area contributed by atoms with Crippen molar-refractivity contribution in [2.45, 2.75) is 57.6 Å². The van der Waals surface area contributed by atoms with Crippen LogP contribution >= 0.6 is 0 Å². The van der Waals surface area contributed by atoms with Gasteiger partial charge in [-0.3, -0.25) is 0 Å². The summed E-state index contributed by atoms with van der Waals surface area (Å²) in [6.07, 6.45) is 7.37. The third-order valence-electron chi connectivity index (χ3n) is 5.16. The Morgan fingerprint density at radius 2 is 2.00 bits per heavy atom. The summed E-state index contributed by atoms with van der Waals surface area (Å²) in [7, 11) is 0. The Balaban J connectivity index is 1.95. The van der Waals surface area contributed by atoms with Gasteiger partial charge in [-0.05, 0) is 50.7 Å². The van der Waals surface area contributed by atoms with Crippen molar-refractivity contribution < 1.29 is 5.11 Å². The molecule has 3 heteroatoms. The lowest BCUT2D eigenvalue weighted by atomic mass is 9.94. The van der Waals surface area contributed by atoms with Crippen LogP contribution in [-0.4, -0.2) is 17.7 Å². The minimum absolute atomic E-state index is 0.488. The molecule has 1 aliphatic carbocycles. The predicted octanol–water partition coefficient (Wildman–Crippen LogP) is 3.77. The van der Waals surface area contributed by atoms with Crippen LogP contribution in [0.5, 0.6) is 0 Å². The smallest absolute Gasteiger partial charge is 0.0992 e. The molecule has 2 fully saturated rings. The molecule has 0 aromatic heterocycles. The van der Waals surface area contributed by atoms with Crippen LogP contribution in [0.3, 0.4) is 0 Å². The summed E-state index contributed by atoms with van der Waals surface area (Å²) in [5.41, 5.74) is 2.73. The maximum atomic E-state index is 10.1. The Kier molecular flexibility index (Phi) is 4.17. The lowest BCUT2D eigenvalue weighted by Crippen LogP contribution is -2.35. The first-order valence-electron chi connectivity index (χ1n) is 8.19. The molecular formula is C18H24N2O. The van der Waals surface area contributed by atoms with E-state index in [-0.39, 0.29) is 0 Å². The van der Waals surface area contributed by atoms with Crippen LogP contribution in [0.4, 0.5) is 5.69 Å². The molecule has 2 unspecified atom stereocenters. The first kappa shape index (κ1) is 14.4. The largest absolute Gasteiger partial charge is 0.389 e. The highest BCUT2D eigenvalue weighted by Gasteiger charge is 2.34. The third-order valence-corrected chi connectivity index (χ3v) is 5.16. The zero-order chi connectivity index (χ0) is 14.8. The number of hydrogen-bond acceptors (Lipinski definition) is 3. The Bertz CT molecular complexity index is 541. The number of nitrogens with zero attached hydrogens (tertiary/aromatic N) is 2. The first-order chi connectivity index (χ1) is 10.2. The van der Waals surface area contributed by atoms with Gasteiger partial charge in [0.1, 0.15) is 0 Å². The number of nitriles is 1. The molecular weight excluding hydrogens is 260 g/mol. The van der Waals surface area contributed by atoms with Gasteiger partial charge < -0.3 is 10.0 Å². The summed E-state index contributed by atoms with van der Waals surface area (Å²) < 4.78 is 0. The number of benzene rings is 1. The number of anilines is 1. The summed E-state index contributed by atoms with van der Waals surface area (Å²) in [5.74, 6) is 0.792. The molecule has 1 heterocycles. The standard InChI is InChI=1S/C18H24N2O/c1-13(21)16-9-8-14(12-19)11-18(16)20-10-4-7-17(20)15-5-2-3-6-15/h8-9,11,13,15,17,21H,2-7,10H2,1H3. The number of rotatable bonds is 3. The normalized spacial score (nSPS) is 24.2. The van der Waals surface area contributed by atoms with E-state index < -0.39 is 6.10 Å². The van der Waals surface area contributed by atoms with Crippen LogP contribution in [0.1, 0.15) is 62.7 Å². The van der Waals surface area contributed by atoms with Crippen molar-refractivity contribution in [2.24, 2.45) is 5.92 Å². The van der Waals surface area contributed by atoms with Gasteiger partial charge in [-0.15, -0.1) is 0 Å². The average Bonchev–Trinajstić information content (AvgIpc) is 3.16. The Labute approximate surface area is 127 Å². The summed E-state index contributed by atoms with van der Waals surface area (Å²) in [5, 5.41) is 19.3. The van der Waals surface area contributed by atoms with E-state index in [9.17, 15) is 10.4 Å². The quantitative estimate of drug-likeness (QED) is 0.919. The molecule has 2 aliphatic rings. The Morgan fingerprint density at radius 3 is 2.67 bits per heavy atom. The lowest BCUT2D eigenvalue weighted by Gasteiger charge is -2.33. The van der Waals surface area contributed by atoms with Crippen molar-refractivity contribution in [3.05, 3.63) is 29.3 Å². The second kappa shape index (κ2) is 6.07. The topological polar surface area (TPSA) is 47.3 Å². The molecule has 0 spiro atoms. The average molecular weight is 284 g/mol. The predicted molar refractivity (Wildman–Crippen MR) is 84.1 cm³/mol. The zero-order valence-corrected chi connectivity index (χ0v) is 12.8. The second-order valence-corrected chi connectivity index (χ2v) is 6.51. The van der Waals surface area contributed by atoms with Crippen molar-refractivity contribution in [2.75, 3.05) is 11.4 Å². The van der Waals surface area contributed by atoms with E-state index in [1.165, 1.54) is 38.5 Å². The van der Waals surface area contributed by atoms with Gasteiger partial charge in [-0.2, -0.15) is 5.26 Å².